The first-order valence-corrected chi connectivity index (χ1v) is 7.85. The average Bonchev–Trinajstić information content (AvgIpc) is 2.99. The van der Waals surface area contributed by atoms with Crippen molar-refractivity contribution in [2.45, 2.75) is 45.8 Å². The SMILES string of the molecule is CCCNCc1cnccc1N(CC)CC1CCCO1. The second-order valence-electron chi connectivity index (χ2n) is 5.35. The predicted molar refractivity (Wildman–Crippen MR) is 83.1 cm³/mol. The number of hydrogen-bond acceptors (Lipinski definition) is 4. The third-order valence-electron chi connectivity index (χ3n) is 3.79. The highest BCUT2D eigenvalue weighted by Crippen LogP contribution is 2.22. The molecule has 1 fully saturated rings. The topological polar surface area (TPSA) is 37.4 Å². The van der Waals surface area contributed by atoms with Gasteiger partial charge in [-0.1, -0.05) is 6.92 Å². The van der Waals surface area contributed by atoms with Gasteiger partial charge in [-0.15, -0.1) is 0 Å². The predicted octanol–water partition coefficient (Wildman–Crippen LogP) is 2.59. The Kier molecular flexibility index (Phi) is 6.27. The number of ether oxygens (including phenoxy) is 1. The van der Waals surface area contributed by atoms with Crippen molar-refractivity contribution in [2.75, 3.05) is 31.1 Å². The number of nitrogens with zero attached hydrogens (tertiary/aromatic N) is 2. The van der Waals surface area contributed by atoms with Gasteiger partial charge in [-0.3, -0.25) is 4.98 Å². The molecule has 1 atom stereocenters. The zero-order valence-corrected chi connectivity index (χ0v) is 12.8. The molecule has 0 saturated carbocycles. The second kappa shape index (κ2) is 8.22. The van der Waals surface area contributed by atoms with Gasteiger partial charge in [0.25, 0.3) is 0 Å². The Morgan fingerprint density at radius 1 is 1.45 bits per heavy atom. The van der Waals surface area contributed by atoms with Gasteiger partial charge in [-0.2, -0.15) is 0 Å². The maximum Gasteiger partial charge on any atom is 0.0750 e. The molecule has 0 spiro atoms. The van der Waals surface area contributed by atoms with Crippen LogP contribution in [0.1, 0.15) is 38.7 Å². The molecule has 1 unspecified atom stereocenters. The quantitative estimate of drug-likeness (QED) is 0.741. The Labute approximate surface area is 122 Å². The molecule has 4 heteroatoms. The molecule has 2 heterocycles. The molecule has 1 aliphatic rings. The van der Waals surface area contributed by atoms with Crippen LogP contribution in [0, 0.1) is 0 Å². The van der Waals surface area contributed by atoms with E-state index in [9.17, 15) is 0 Å². The van der Waals surface area contributed by atoms with Crippen LogP contribution >= 0.6 is 0 Å². The van der Waals surface area contributed by atoms with Gasteiger partial charge in [0, 0.05) is 49.9 Å². The molecule has 0 amide bonds. The summed E-state index contributed by atoms with van der Waals surface area (Å²) in [6.07, 6.45) is 7.80. The first-order chi connectivity index (χ1) is 9.85. The van der Waals surface area contributed by atoms with Gasteiger partial charge in [0.15, 0.2) is 0 Å². The van der Waals surface area contributed by atoms with E-state index in [0.29, 0.717) is 6.10 Å². The standard InChI is InChI=1S/C16H27N3O/c1-3-8-17-11-14-12-18-9-7-16(14)19(4-2)13-15-6-5-10-20-15/h7,9,12,15,17H,3-6,8,10-11,13H2,1-2H3. The molecule has 0 aromatic carbocycles. The number of likely N-dealkylation sites (N-methyl/N-ethyl adjacent to an activating group) is 1. The Balaban J connectivity index is 2.03. The first-order valence-electron chi connectivity index (χ1n) is 7.85. The summed E-state index contributed by atoms with van der Waals surface area (Å²) in [4.78, 5) is 6.69. The summed E-state index contributed by atoms with van der Waals surface area (Å²) in [7, 11) is 0. The molecule has 4 nitrogen and oxygen atoms in total. The highest BCUT2D eigenvalue weighted by Gasteiger charge is 2.20. The Bertz CT molecular complexity index is 391. The van der Waals surface area contributed by atoms with Crippen molar-refractivity contribution in [1.82, 2.24) is 10.3 Å². The number of nitrogens with one attached hydrogen (secondary N) is 1. The van der Waals surface area contributed by atoms with Crippen molar-refractivity contribution in [3.8, 4) is 0 Å². The molecule has 1 saturated heterocycles. The molecule has 20 heavy (non-hydrogen) atoms. The van der Waals surface area contributed by atoms with E-state index in [1.165, 1.54) is 24.1 Å². The maximum absolute atomic E-state index is 5.77. The van der Waals surface area contributed by atoms with Crippen molar-refractivity contribution in [3.05, 3.63) is 24.0 Å². The molecule has 1 aromatic heterocycles. The zero-order chi connectivity index (χ0) is 14.2. The van der Waals surface area contributed by atoms with E-state index >= 15 is 0 Å². The summed E-state index contributed by atoms with van der Waals surface area (Å²) in [6, 6.07) is 2.13. The fourth-order valence-electron chi connectivity index (χ4n) is 2.70. The molecule has 0 aliphatic carbocycles. The smallest absolute Gasteiger partial charge is 0.0750 e. The zero-order valence-electron chi connectivity index (χ0n) is 12.8. The number of pyridine rings is 1. The third kappa shape index (κ3) is 4.18. The first kappa shape index (κ1) is 15.3. The minimum Gasteiger partial charge on any atom is -0.376 e. The largest absolute Gasteiger partial charge is 0.376 e. The van der Waals surface area contributed by atoms with E-state index in [-0.39, 0.29) is 0 Å². The van der Waals surface area contributed by atoms with Crippen LogP contribution in [0.25, 0.3) is 0 Å². The van der Waals surface area contributed by atoms with Crippen LogP contribution < -0.4 is 10.2 Å². The van der Waals surface area contributed by atoms with E-state index in [1.54, 1.807) is 0 Å². The van der Waals surface area contributed by atoms with Crippen molar-refractivity contribution in [1.29, 1.82) is 0 Å². The molecule has 112 valence electrons. The van der Waals surface area contributed by atoms with Gasteiger partial charge in [0.2, 0.25) is 0 Å². The van der Waals surface area contributed by atoms with Crippen LogP contribution in [0.5, 0.6) is 0 Å². The minimum absolute atomic E-state index is 0.388. The van der Waals surface area contributed by atoms with E-state index in [4.69, 9.17) is 4.74 Å². The summed E-state index contributed by atoms with van der Waals surface area (Å²) < 4.78 is 5.77. The van der Waals surface area contributed by atoms with E-state index in [2.05, 4.69) is 35.1 Å². The molecule has 1 aromatic rings. The minimum atomic E-state index is 0.388. The number of rotatable bonds is 8. The molecular formula is C16H27N3O. The molecule has 1 aliphatic heterocycles. The van der Waals surface area contributed by atoms with Crippen LogP contribution in [0.4, 0.5) is 5.69 Å². The molecule has 0 bridgehead atoms. The molecule has 1 N–H and O–H groups in total. The van der Waals surface area contributed by atoms with Crippen LogP contribution in [0.15, 0.2) is 18.5 Å². The number of anilines is 1. The van der Waals surface area contributed by atoms with Gasteiger partial charge in [-0.05, 0) is 38.8 Å². The summed E-state index contributed by atoms with van der Waals surface area (Å²) in [5.74, 6) is 0. The van der Waals surface area contributed by atoms with Crippen molar-refractivity contribution >= 4 is 5.69 Å². The van der Waals surface area contributed by atoms with Gasteiger partial charge >= 0.3 is 0 Å². The summed E-state index contributed by atoms with van der Waals surface area (Å²) in [5.41, 5.74) is 2.57. The van der Waals surface area contributed by atoms with Gasteiger partial charge in [-0.25, -0.2) is 0 Å². The lowest BCUT2D eigenvalue weighted by Crippen LogP contribution is -2.33. The van der Waals surface area contributed by atoms with Crippen LogP contribution in [0.2, 0.25) is 0 Å². The molecular weight excluding hydrogens is 250 g/mol. The third-order valence-corrected chi connectivity index (χ3v) is 3.79. The lowest BCUT2D eigenvalue weighted by molar-refractivity contribution is 0.115. The number of aromatic nitrogens is 1. The molecule has 0 radical (unpaired) electrons. The maximum atomic E-state index is 5.77. The Hall–Kier alpha value is -1.13. The van der Waals surface area contributed by atoms with Crippen LogP contribution in [0.3, 0.4) is 0 Å². The summed E-state index contributed by atoms with van der Waals surface area (Å²) in [6.45, 7) is 9.24. The average molecular weight is 277 g/mol. The Morgan fingerprint density at radius 3 is 3.05 bits per heavy atom. The summed E-state index contributed by atoms with van der Waals surface area (Å²) in [5, 5.41) is 3.47. The van der Waals surface area contributed by atoms with E-state index in [0.717, 1.165) is 39.2 Å². The number of hydrogen-bond donors (Lipinski definition) is 1. The van der Waals surface area contributed by atoms with Crippen molar-refractivity contribution in [3.63, 3.8) is 0 Å². The second-order valence-corrected chi connectivity index (χ2v) is 5.35. The van der Waals surface area contributed by atoms with Gasteiger partial charge in [0.1, 0.15) is 0 Å². The fraction of sp³-hybridized carbons (Fsp3) is 0.688. The normalized spacial score (nSPS) is 18.4. The lowest BCUT2D eigenvalue weighted by Gasteiger charge is -2.28. The van der Waals surface area contributed by atoms with Gasteiger partial charge in [0.05, 0.1) is 6.10 Å². The summed E-state index contributed by atoms with van der Waals surface area (Å²) >= 11 is 0. The highest BCUT2D eigenvalue weighted by atomic mass is 16.5. The van der Waals surface area contributed by atoms with Crippen LogP contribution in [-0.4, -0.2) is 37.3 Å². The van der Waals surface area contributed by atoms with Gasteiger partial charge < -0.3 is 15.0 Å². The lowest BCUT2D eigenvalue weighted by atomic mass is 10.1. The van der Waals surface area contributed by atoms with Crippen LogP contribution in [-0.2, 0) is 11.3 Å². The van der Waals surface area contributed by atoms with E-state index in [1.807, 2.05) is 12.4 Å². The molecule has 2 rings (SSSR count). The van der Waals surface area contributed by atoms with E-state index < -0.39 is 0 Å². The fourth-order valence-corrected chi connectivity index (χ4v) is 2.70. The van der Waals surface area contributed by atoms with Crippen molar-refractivity contribution in [2.24, 2.45) is 0 Å². The highest BCUT2D eigenvalue weighted by molar-refractivity contribution is 5.52. The monoisotopic (exact) mass is 277 g/mol. The van der Waals surface area contributed by atoms with Crippen molar-refractivity contribution < 1.29 is 4.74 Å². The Morgan fingerprint density at radius 2 is 2.35 bits per heavy atom.